The second-order valence-electron chi connectivity index (χ2n) is 7.67. The van der Waals surface area contributed by atoms with E-state index in [1.165, 1.54) is 5.56 Å². The molecule has 1 aliphatic heterocycles. The number of fused-ring (bicyclic) bond motifs is 1. The lowest BCUT2D eigenvalue weighted by Gasteiger charge is -2.35. The summed E-state index contributed by atoms with van der Waals surface area (Å²) in [5.74, 6) is 1.03. The average molecular weight is 412 g/mol. The van der Waals surface area contributed by atoms with Crippen LogP contribution in [-0.2, 0) is 6.54 Å². The average Bonchev–Trinajstić information content (AvgIpc) is 3.05. The van der Waals surface area contributed by atoms with Gasteiger partial charge in [-0.05, 0) is 43.5 Å². The smallest absolute Gasteiger partial charge is 0.312 e. The molecule has 2 amide bonds. The van der Waals surface area contributed by atoms with Crippen LogP contribution in [0.3, 0.4) is 0 Å². The molecule has 0 spiro atoms. The van der Waals surface area contributed by atoms with Crippen molar-refractivity contribution in [1.29, 1.82) is 0 Å². The van der Waals surface area contributed by atoms with Crippen LogP contribution in [0.2, 0.25) is 5.02 Å². The van der Waals surface area contributed by atoms with E-state index in [2.05, 4.69) is 46.0 Å². The summed E-state index contributed by atoms with van der Waals surface area (Å²) in [6.07, 6.45) is 1.77. The zero-order valence-corrected chi connectivity index (χ0v) is 17.3. The molecule has 4 rings (SSSR count). The van der Waals surface area contributed by atoms with Gasteiger partial charge in [0.1, 0.15) is 5.82 Å². The molecule has 1 saturated heterocycles. The maximum Gasteiger partial charge on any atom is 0.312 e. The number of rotatable bonds is 5. The molecule has 3 aromatic rings. The SMILES string of the molecule is CC(c1nc2cc(Cl)ccc2n1Cc1ccccc1)N1CCC(NC(N)=O)CC1. The number of nitrogens with one attached hydrogen (secondary N) is 1. The van der Waals surface area contributed by atoms with Gasteiger partial charge in [0.05, 0.1) is 17.1 Å². The highest BCUT2D eigenvalue weighted by Crippen LogP contribution is 2.29. The second kappa shape index (κ2) is 8.43. The van der Waals surface area contributed by atoms with E-state index in [9.17, 15) is 4.79 Å². The van der Waals surface area contributed by atoms with E-state index in [1.54, 1.807) is 0 Å². The molecule has 0 bridgehead atoms. The van der Waals surface area contributed by atoms with Crippen LogP contribution in [-0.4, -0.2) is 39.6 Å². The van der Waals surface area contributed by atoms with Gasteiger partial charge < -0.3 is 15.6 Å². The van der Waals surface area contributed by atoms with Crippen LogP contribution in [0.1, 0.15) is 37.2 Å². The van der Waals surface area contributed by atoms with Crippen molar-refractivity contribution < 1.29 is 4.79 Å². The minimum Gasteiger partial charge on any atom is -0.352 e. The molecule has 3 N–H and O–H groups in total. The van der Waals surface area contributed by atoms with E-state index >= 15 is 0 Å². The van der Waals surface area contributed by atoms with Crippen molar-refractivity contribution in [3.63, 3.8) is 0 Å². The summed E-state index contributed by atoms with van der Waals surface area (Å²) in [7, 11) is 0. The molecule has 2 aromatic carbocycles. The fourth-order valence-electron chi connectivity index (χ4n) is 4.17. The summed E-state index contributed by atoms with van der Waals surface area (Å²) in [6.45, 7) is 4.74. The third-order valence-corrected chi connectivity index (χ3v) is 5.96. The van der Waals surface area contributed by atoms with Gasteiger partial charge in [0, 0.05) is 30.7 Å². The third kappa shape index (κ3) is 4.38. The first kappa shape index (κ1) is 19.7. The fraction of sp³-hybridized carbons (Fsp3) is 0.364. The van der Waals surface area contributed by atoms with E-state index in [0.29, 0.717) is 5.02 Å². The van der Waals surface area contributed by atoms with Crippen molar-refractivity contribution in [3.05, 3.63) is 64.9 Å². The quantitative estimate of drug-likeness (QED) is 0.667. The van der Waals surface area contributed by atoms with Crippen molar-refractivity contribution in [2.45, 2.75) is 38.4 Å². The van der Waals surface area contributed by atoms with Crippen LogP contribution in [0.5, 0.6) is 0 Å². The summed E-state index contributed by atoms with van der Waals surface area (Å²) in [5.41, 5.74) is 8.51. The standard InChI is InChI=1S/C22H26ClN5O/c1-15(27-11-9-18(10-12-27)25-22(24)29)21-26-19-13-17(23)7-8-20(19)28(21)14-16-5-3-2-4-6-16/h2-8,13,15,18H,9-12,14H2,1H3,(H3,24,25,29). The summed E-state index contributed by atoms with van der Waals surface area (Å²) in [5, 5.41) is 3.52. The molecular formula is C22H26ClN5O. The second-order valence-corrected chi connectivity index (χ2v) is 8.11. The first-order chi connectivity index (χ1) is 14.0. The molecule has 1 unspecified atom stereocenters. The van der Waals surface area contributed by atoms with Crippen LogP contribution >= 0.6 is 11.6 Å². The Kier molecular flexibility index (Phi) is 5.74. The number of hydrogen-bond donors (Lipinski definition) is 2. The first-order valence-electron chi connectivity index (χ1n) is 10.0. The Hall–Kier alpha value is -2.57. The van der Waals surface area contributed by atoms with Crippen LogP contribution in [0.4, 0.5) is 4.79 Å². The van der Waals surface area contributed by atoms with Crippen LogP contribution < -0.4 is 11.1 Å². The molecule has 0 aliphatic carbocycles. The number of hydrogen-bond acceptors (Lipinski definition) is 3. The maximum absolute atomic E-state index is 11.1. The van der Waals surface area contributed by atoms with Gasteiger partial charge in [-0.3, -0.25) is 4.90 Å². The Morgan fingerprint density at radius 2 is 1.97 bits per heavy atom. The highest BCUT2D eigenvalue weighted by molar-refractivity contribution is 6.31. The van der Waals surface area contributed by atoms with Crippen molar-refractivity contribution >= 4 is 28.7 Å². The number of benzene rings is 2. The third-order valence-electron chi connectivity index (χ3n) is 5.72. The van der Waals surface area contributed by atoms with E-state index < -0.39 is 6.03 Å². The molecule has 1 fully saturated rings. The highest BCUT2D eigenvalue weighted by atomic mass is 35.5. The van der Waals surface area contributed by atoms with E-state index in [0.717, 1.165) is 49.3 Å². The fourth-order valence-corrected chi connectivity index (χ4v) is 4.33. The lowest BCUT2D eigenvalue weighted by molar-refractivity contribution is 0.147. The Labute approximate surface area is 175 Å². The number of piperidine rings is 1. The van der Waals surface area contributed by atoms with Crippen molar-refractivity contribution in [3.8, 4) is 0 Å². The number of aromatic nitrogens is 2. The summed E-state index contributed by atoms with van der Waals surface area (Å²) >= 11 is 6.22. The van der Waals surface area contributed by atoms with Gasteiger partial charge in [0.25, 0.3) is 0 Å². The molecule has 1 aliphatic rings. The van der Waals surface area contributed by atoms with Gasteiger partial charge in [-0.15, -0.1) is 0 Å². The number of imidazole rings is 1. The molecule has 152 valence electrons. The molecule has 0 saturated carbocycles. The highest BCUT2D eigenvalue weighted by Gasteiger charge is 2.27. The van der Waals surface area contributed by atoms with Crippen molar-refractivity contribution in [2.75, 3.05) is 13.1 Å². The molecule has 1 aromatic heterocycles. The Bertz CT molecular complexity index is 995. The molecule has 0 radical (unpaired) electrons. The van der Waals surface area contributed by atoms with Gasteiger partial charge in [0.15, 0.2) is 0 Å². The zero-order valence-electron chi connectivity index (χ0n) is 16.5. The van der Waals surface area contributed by atoms with Crippen LogP contribution in [0.25, 0.3) is 11.0 Å². The van der Waals surface area contributed by atoms with Crippen LogP contribution in [0, 0.1) is 0 Å². The predicted octanol–water partition coefficient (Wildman–Crippen LogP) is 3.93. The molecule has 29 heavy (non-hydrogen) atoms. The monoisotopic (exact) mass is 411 g/mol. The van der Waals surface area contributed by atoms with Crippen LogP contribution in [0.15, 0.2) is 48.5 Å². The lowest BCUT2D eigenvalue weighted by Crippen LogP contribution is -2.47. The first-order valence-corrected chi connectivity index (χ1v) is 10.4. The number of halogens is 1. The van der Waals surface area contributed by atoms with Gasteiger partial charge >= 0.3 is 6.03 Å². The van der Waals surface area contributed by atoms with Gasteiger partial charge in [-0.2, -0.15) is 0 Å². The molecule has 6 nitrogen and oxygen atoms in total. The van der Waals surface area contributed by atoms with E-state index in [4.69, 9.17) is 22.3 Å². The van der Waals surface area contributed by atoms with E-state index in [1.807, 2.05) is 24.3 Å². The number of urea groups is 1. The zero-order chi connectivity index (χ0) is 20.4. The number of nitrogens with zero attached hydrogens (tertiary/aromatic N) is 3. The summed E-state index contributed by atoms with van der Waals surface area (Å²) in [6, 6.07) is 16.2. The largest absolute Gasteiger partial charge is 0.352 e. The molecule has 2 heterocycles. The van der Waals surface area contributed by atoms with Crippen molar-refractivity contribution in [2.24, 2.45) is 5.73 Å². The number of likely N-dealkylation sites (tertiary alicyclic amines) is 1. The summed E-state index contributed by atoms with van der Waals surface area (Å²) < 4.78 is 2.29. The van der Waals surface area contributed by atoms with Crippen molar-refractivity contribution in [1.82, 2.24) is 19.8 Å². The summed E-state index contributed by atoms with van der Waals surface area (Å²) in [4.78, 5) is 18.5. The van der Waals surface area contributed by atoms with Gasteiger partial charge in [0.2, 0.25) is 0 Å². The predicted molar refractivity (Wildman–Crippen MR) is 116 cm³/mol. The van der Waals surface area contributed by atoms with Gasteiger partial charge in [-0.25, -0.2) is 9.78 Å². The Morgan fingerprint density at radius 3 is 2.66 bits per heavy atom. The number of carbonyl (C=O) groups is 1. The molecule has 1 atom stereocenters. The normalized spacial score (nSPS) is 16.8. The number of amides is 2. The minimum atomic E-state index is -0.446. The Morgan fingerprint density at radius 1 is 1.24 bits per heavy atom. The minimum absolute atomic E-state index is 0.151. The van der Waals surface area contributed by atoms with E-state index in [-0.39, 0.29) is 12.1 Å². The molecular weight excluding hydrogens is 386 g/mol. The Balaban J connectivity index is 1.62. The maximum atomic E-state index is 11.1. The molecule has 7 heteroatoms. The van der Waals surface area contributed by atoms with Gasteiger partial charge in [-0.1, -0.05) is 41.9 Å². The topological polar surface area (TPSA) is 76.2 Å². The lowest BCUT2D eigenvalue weighted by atomic mass is 10.0. The number of nitrogens with two attached hydrogens (primary N) is 1. The number of primary amides is 1. The number of carbonyl (C=O) groups excluding carboxylic acids is 1.